The van der Waals surface area contributed by atoms with E-state index in [4.69, 9.17) is 0 Å². The van der Waals surface area contributed by atoms with Crippen LogP contribution in [0, 0.1) is 0 Å². The molecule has 1 N–H and O–H groups in total. The number of thioether (sulfide) groups is 1. The van der Waals surface area contributed by atoms with E-state index in [1.54, 1.807) is 6.92 Å². The van der Waals surface area contributed by atoms with Crippen LogP contribution in [-0.2, 0) is 22.0 Å². The maximum Gasteiger partial charge on any atom is 0.413 e. The Labute approximate surface area is 157 Å². The number of rotatable bonds is 4. The molecule has 0 saturated heterocycles. The van der Waals surface area contributed by atoms with Gasteiger partial charge in [0.25, 0.3) is 0 Å². The van der Waals surface area contributed by atoms with Gasteiger partial charge < -0.3 is 9.30 Å². The van der Waals surface area contributed by atoms with Crippen molar-refractivity contribution in [1.29, 1.82) is 0 Å². The topological polar surface area (TPSA) is 86.1 Å². The highest BCUT2D eigenvalue weighted by Crippen LogP contribution is 2.28. The van der Waals surface area contributed by atoms with Gasteiger partial charge in [-0.1, -0.05) is 56.8 Å². The SMILES string of the molecule is COC(=O)NC(=O)[C@@H](C)Sc1nnc(-c2ccc(C(C)(C)C)cc2)n1C. The lowest BCUT2D eigenvalue weighted by molar-refractivity contribution is -0.119. The first-order chi connectivity index (χ1) is 12.1. The van der Waals surface area contributed by atoms with Gasteiger partial charge in [0.2, 0.25) is 5.91 Å². The summed E-state index contributed by atoms with van der Waals surface area (Å²) in [5, 5.41) is 10.6. The number of imide groups is 1. The second-order valence-electron chi connectivity index (χ2n) is 6.93. The zero-order chi connectivity index (χ0) is 19.5. The van der Waals surface area contributed by atoms with Crippen LogP contribution >= 0.6 is 11.8 Å². The van der Waals surface area contributed by atoms with Crippen molar-refractivity contribution in [3.63, 3.8) is 0 Å². The summed E-state index contributed by atoms with van der Waals surface area (Å²) in [4.78, 5) is 23.1. The highest BCUT2D eigenvalue weighted by atomic mass is 32.2. The number of aromatic nitrogens is 3. The zero-order valence-corrected chi connectivity index (χ0v) is 16.7. The molecule has 0 aliphatic carbocycles. The Morgan fingerprint density at radius 1 is 1.19 bits per heavy atom. The number of alkyl carbamates (subject to hydrolysis) is 1. The lowest BCUT2D eigenvalue weighted by Gasteiger charge is -2.19. The van der Waals surface area contributed by atoms with Gasteiger partial charge in [-0.25, -0.2) is 4.79 Å². The standard InChI is InChI=1S/C18H24N4O3S/c1-11(15(23)19-17(24)25-6)26-16-21-20-14(22(16)5)12-7-9-13(10-8-12)18(2,3)4/h7-11H,1-6H3,(H,19,23,24)/t11-/m1/s1. The molecule has 2 rings (SSSR count). The predicted molar refractivity (Wildman–Crippen MR) is 101 cm³/mol. The van der Waals surface area contributed by atoms with Crippen LogP contribution in [0.2, 0.25) is 0 Å². The molecule has 1 heterocycles. The first-order valence-electron chi connectivity index (χ1n) is 8.19. The average Bonchev–Trinajstić information content (AvgIpc) is 2.94. The fourth-order valence-corrected chi connectivity index (χ4v) is 3.07. The average molecular weight is 376 g/mol. The van der Waals surface area contributed by atoms with Gasteiger partial charge in [0.05, 0.1) is 12.4 Å². The Morgan fingerprint density at radius 2 is 1.81 bits per heavy atom. The van der Waals surface area contributed by atoms with E-state index < -0.39 is 17.3 Å². The molecule has 0 aliphatic heterocycles. The molecule has 0 aliphatic rings. The highest BCUT2D eigenvalue weighted by Gasteiger charge is 2.21. The number of ether oxygens (including phenoxy) is 1. The molecule has 1 aromatic heterocycles. The van der Waals surface area contributed by atoms with Crippen LogP contribution in [0.3, 0.4) is 0 Å². The third kappa shape index (κ3) is 4.63. The minimum Gasteiger partial charge on any atom is -0.453 e. The molecule has 8 heteroatoms. The number of hydrogen-bond donors (Lipinski definition) is 1. The molecule has 0 spiro atoms. The van der Waals surface area contributed by atoms with Gasteiger partial charge >= 0.3 is 6.09 Å². The first kappa shape index (κ1) is 20.0. The van der Waals surface area contributed by atoms with Gasteiger partial charge in [-0.15, -0.1) is 10.2 Å². The van der Waals surface area contributed by atoms with Gasteiger partial charge in [0, 0.05) is 12.6 Å². The number of methoxy groups -OCH3 is 1. The minimum atomic E-state index is -0.778. The summed E-state index contributed by atoms with van der Waals surface area (Å²) < 4.78 is 6.26. The summed E-state index contributed by atoms with van der Waals surface area (Å²) in [5.41, 5.74) is 2.28. The molecule has 0 saturated carbocycles. The van der Waals surface area contributed by atoms with E-state index in [2.05, 4.69) is 53.2 Å². The van der Waals surface area contributed by atoms with Crippen molar-refractivity contribution in [2.75, 3.05) is 7.11 Å². The number of nitrogens with zero attached hydrogens (tertiary/aromatic N) is 3. The van der Waals surface area contributed by atoms with Crippen molar-refractivity contribution in [2.45, 2.75) is 43.5 Å². The first-order valence-corrected chi connectivity index (χ1v) is 9.07. The Hall–Kier alpha value is -2.35. The number of hydrogen-bond acceptors (Lipinski definition) is 6. The molecule has 1 aromatic carbocycles. The zero-order valence-electron chi connectivity index (χ0n) is 15.9. The Balaban J connectivity index is 2.14. The molecule has 1 atom stereocenters. The molecular formula is C18H24N4O3S. The molecule has 7 nitrogen and oxygen atoms in total. The number of amides is 2. The van der Waals surface area contributed by atoms with Crippen molar-refractivity contribution >= 4 is 23.8 Å². The largest absolute Gasteiger partial charge is 0.453 e. The van der Waals surface area contributed by atoms with Crippen molar-refractivity contribution in [1.82, 2.24) is 20.1 Å². The number of carbonyl (C=O) groups excluding carboxylic acids is 2. The third-order valence-electron chi connectivity index (χ3n) is 3.91. The number of benzene rings is 1. The van der Waals surface area contributed by atoms with Crippen LogP contribution in [0.25, 0.3) is 11.4 Å². The summed E-state index contributed by atoms with van der Waals surface area (Å²) in [6, 6.07) is 8.21. The summed E-state index contributed by atoms with van der Waals surface area (Å²) in [7, 11) is 3.06. The van der Waals surface area contributed by atoms with Crippen molar-refractivity contribution in [3.05, 3.63) is 29.8 Å². The van der Waals surface area contributed by atoms with E-state index in [0.29, 0.717) is 11.0 Å². The van der Waals surface area contributed by atoms with Crippen LogP contribution in [0.4, 0.5) is 4.79 Å². The van der Waals surface area contributed by atoms with Crippen LogP contribution in [0.15, 0.2) is 29.4 Å². The predicted octanol–water partition coefficient (Wildman–Crippen LogP) is 3.14. The lowest BCUT2D eigenvalue weighted by Crippen LogP contribution is -2.35. The van der Waals surface area contributed by atoms with Crippen LogP contribution < -0.4 is 5.32 Å². The van der Waals surface area contributed by atoms with E-state index in [0.717, 1.165) is 5.56 Å². The van der Waals surface area contributed by atoms with Crippen LogP contribution in [0.1, 0.15) is 33.3 Å². The molecule has 140 valence electrons. The summed E-state index contributed by atoms with van der Waals surface area (Å²) >= 11 is 1.22. The van der Waals surface area contributed by atoms with E-state index in [1.807, 2.05) is 23.7 Å². The monoisotopic (exact) mass is 376 g/mol. The van der Waals surface area contributed by atoms with Crippen molar-refractivity contribution < 1.29 is 14.3 Å². The minimum absolute atomic E-state index is 0.0852. The van der Waals surface area contributed by atoms with Crippen molar-refractivity contribution in [2.24, 2.45) is 7.05 Å². The van der Waals surface area contributed by atoms with Gasteiger partial charge in [-0.3, -0.25) is 10.1 Å². The number of nitrogens with one attached hydrogen (secondary N) is 1. The third-order valence-corrected chi connectivity index (χ3v) is 5.04. The molecule has 26 heavy (non-hydrogen) atoms. The van der Waals surface area contributed by atoms with E-state index in [9.17, 15) is 9.59 Å². The van der Waals surface area contributed by atoms with Gasteiger partial charge in [-0.05, 0) is 17.9 Å². The molecular weight excluding hydrogens is 352 g/mol. The summed E-state index contributed by atoms with van der Waals surface area (Å²) in [5.74, 6) is 0.273. The molecule has 0 bridgehead atoms. The smallest absolute Gasteiger partial charge is 0.413 e. The second-order valence-corrected chi connectivity index (χ2v) is 8.24. The van der Waals surface area contributed by atoms with Crippen molar-refractivity contribution in [3.8, 4) is 11.4 Å². The molecule has 0 fully saturated rings. The van der Waals surface area contributed by atoms with E-state index in [-0.39, 0.29) is 5.41 Å². The molecule has 0 unspecified atom stereocenters. The summed E-state index contributed by atoms with van der Waals surface area (Å²) in [6.45, 7) is 8.19. The fraction of sp³-hybridized carbons (Fsp3) is 0.444. The Kier molecular flexibility index (Phi) is 6.07. The van der Waals surface area contributed by atoms with Gasteiger partial charge in [0.15, 0.2) is 11.0 Å². The molecule has 2 amide bonds. The lowest BCUT2D eigenvalue weighted by atomic mass is 9.87. The fourth-order valence-electron chi connectivity index (χ4n) is 2.25. The quantitative estimate of drug-likeness (QED) is 0.825. The van der Waals surface area contributed by atoms with Gasteiger partial charge in [0.1, 0.15) is 0 Å². The Bertz CT molecular complexity index is 794. The maximum atomic E-state index is 11.9. The normalized spacial score (nSPS) is 12.5. The number of carbonyl (C=O) groups is 2. The maximum absolute atomic E-state index is 11.9. The molecule has 0 radical (unpaired) electrons. The Morgan fingerprint density at radius 3 is 2.35 bits per heavy atom. The van der Waals surface area contributed by atoms with E-state index in [1.165, 1.54) is 24.4 Å². The molecule has 2 aromatic rings. The van der Waals surface area contributed by atoms with Gasteiger partial charge in [-0.2, -0.15) is 0 Å². The second kappa shape index (κ2) is 7.90. The van der Waals surface area contributed by atoms with Crippen LogP contribution in [0.5, 0.6) is 0 Å². The summed E-state index contributed by atoms with van der Waals surface area (Å²) in [6.07, 6.45) is -0.778. The van der Waals surface area contributed by atoms with E-state index >= 15 is 0 Å². The van der Waals surface area contributed by atoms with Crippen LogP contribution in [-0.4, -0.2) is 39.1 Å². The highest BCUT2D eigenvalue weighted by molar-refractivity contribution is 8.00.